The van der Waals surface area contributed by atoms with Gasteiger partial charge in [-0.1, -0.05) is 50.2 Å². The van der Waals surface area contributed by atoms with Crippen molar-refractivity contribution in [3.63, 3.8) is 0 Å². The van der Waals surface area contributed by atoms with Crippen LogP contribution in [0, 0.1) is 0 Å². The molecule has 0 aliphatic carbocycles. The van der Waals surface area contributed by atoms with Gasteiger partial charge in [-0.3, -0.25) is 4.79 Å². The van der Waals surface area contributed by atoms with E-state index < -0.39 is 0 Å². The first-order valence-electron chi connectivity index (χ1n) is 7.84. The molecule has 0 saturated heterocycles. The van der Waals surface area contributed by atoms with Crippen LogP contribution in [0.25, 0.3) is 0 Å². The van der Waals surface area contributed by atoms with Crippen molar-refractivity contribution in [3.8, 4) is 0 Å². The molecule has 0 fully saturated rings. The second kappa shape index (κ2) is 6.22. The molecule has 0 bridgehead atoms. The van der Waals surface area contributed by atoms with Gasteiger partial charge in [0.2, 0.25) is 6.41 Å². The lowest BCUT2D eigenvalue weighted by molar-refractivity contribution is -0.107. The Morgan fingerprint density at radius 1 is 1.00 bits per heavy atom. The Morgan fingerprint density at radius 3 is 2.41 bits per heavy atom. The third-order valence-electron chi connectivity index (χ3n) is 4.47. The maximum absolute atomic E-state index is 10.6. The lowest BCUT2D eigenvalue weighted by atomic mass is 10.0. The highest BCUT2D eigenvalue weighted by Gasteiger charge is 2.23. The van der Waals surface area contributed by atoms with E-state index in [2.05, 4.69) is 49.5 Å². The average Bonchev–Trinajstić information content (AvgIpc) is 3.10. The van der Waals surface area contributed by atoms with E-state index in [4.69, 9.17) is 0 Å². The predicted molar refractivity (Wildman–Crippen MR) is 91.6 cm³/mol. The van der Waals surface area contributed by atoms with E-state index >= 15 is 0 Å². The first-order chi connectivity index (χ1) is 10.7. The monoisotopic (exact) mass is 294 g/mol. The van der Waals surface area contributed by atoms with Crippen LogP contribution in [0.4, 0.5) is 11.4 Å². The molecule has 1 amide bonds. The molecule has 0 radical (unpaired) electrons. The number of benzene rings is 2. The van der Waals surface area contributed by atoms with E-state index in [1.165, 1.54) is 16.8 Å². The molecule has 2 aliphatic rings. The van der Waals surface area contributed by atoms with Gasteiger partial charge in [0.15, 0.2) is 0 Å². The van der Waals surface area contributed by atoms with Crippen LogP contribution in [-0.4, -0.2) is 19.5 Å². The molecule has 3 heteroatoms. The molecule has 4 rings (SSSR count). The number of hydrogen-bond donors (Lipinski definition) is 1. The number of carbonyl (C=O) groups is 1. The molecule has 2 heterocycles. The molecule has 22 heavy (non-hydrogen) atoms. The third kappa shape index (κ3) is 2.71. The summed E-state index contributed by atoms with van der Waals surface area (Å²) in [6.07, 6.45) is 0.905. The molecule has 114 valence electrons. The second-order valence-electron chi connectivity index (χ2n) is 6.09. The molecule has 0 saturated carbocycles. The van der Waals surface area contributed by atoms with Crippen molar-refractivity contribution in [2.75, 3.05) is 23.3 Å². The Hall–Kier alpha value is -2.29. The third-order valence-corrected chi connectivity index (χ3v) is 4.47. The van der Waals surface area contributed by atoms with E-state index in [1.54, 1.807) is 4.90 Å². The Balaban J connectivity index is 0.000000133. The Morgan fingerprint density at radius 2 is 1.68 bits per heavy atom. The summed E-state index contributed by atoms with van der Waals surface area (Å²) in [5, 5.41) is 3.35. The van der Waals surface area contributed by atoms with Crippen LogP contribution in [0.15, 0.2) is 48.5 Å². The van der Waals surface area contributed by atoms with Gasteiger partial charge in [0, 0.05) is 36.3 Å². The maximum Gasteiger partial charge on any atom is 0.214 e. The topological polar surface area (TPSA) is 32.3 Å². The highest BCUT2D eigenvalue weighted by Crippen LogP contribution is 2.34. The summed E-state index contributed by atoms with van der Waals surface area (Å²) in [5.41, 5.74) is 5.13. The smallest absolute Gasteiger partial charge is 0.214 e. The zero-order chi connectivity index (χ0) is 15.5. The van der Waals surface area contributed by atoms with E-state index in [0.717, 1.165) is 25.2 Å². The summed E-state index contributed by atoms with van der Waals surface area (Å²) >= 11 is 0. The summed E-state index contributed by atoms with van der Waals surface area (Å²) in [6.45, 7) is 6.31. The average molecular weight is 294 g/mol. The van der Waals surface area contributed by atoms with Crippen molar-refractivity contribution in [3.05, 3.63) is 59.7 Å². The fourth-order valence-electron chi connectivity index (χ4n) is 3.22. The molecule has 2 aromatic carbocycles. The van der Waals surface area contributed by atoms with Crippen LogP contribution < -0.4 is 10.2 Å². The summed E-state index contributed by atoms with van der Waals surface area (Å²) in [5.74, 6) is 1.17. The Bertz CT molecular complexity index is 668. The number of nitrogens with zero attached hydrogens (tertiary/aromatic N) is 1. The van der Waals surface area contributed by atoms with Crippen molar-refractivity contribution < 1.29 is 4.79 Å². The SMILES string of the molecule is CC1CN(C=O)c2ccccc21.CC1CNc2ccccc21. The molecule has 2 unspecified atom stereocenters. The minimum atomic E-state index is 0.478. The highest BCUT2D eigenvalue weighted by molar-refractivity contribution is 5.80. The van der Waals surface area contributed by atoms with Crippen molar-refractivity contribution >= 4 is 17.8 Å². The van der Waals surface area contributed by atoms with Crippen molar-refractivity contribution in [1.29, 1.82) is 0 Å². The fourth-order valence-corrected chi connectivity index (χ4v) is 3.22. The standard InChI is InChI=1S/C10H11NO.C9H11N/c1-8-6-11(7-12)10-5-3-2-4-9(8)10;1-7-6-10-9-5-3-2-4-8(7)9/h2-5,7-8H,6H2,1H3;2-5,7,10H,6H2,1H3. The molecular weight excluding hydrogens is 272 g/mol. The van der Waals surface area contributed by atoms with Gasteiger partial charge in [-0.15, -0.1) is 0 Å². The molecule has 2 aliphatic heterocycles. The lowest BCUT2D eigenvalue weighted by Gasteiger charge is -2.08. The molecule has 0 spiro atoms. The molecule has 2 aromatic rings. The zero-order valence-electron chi connectivity index (χ0n) is 13.1. The molecule has 3 nitrogen and oxygen atoms in total. The van der Waals surface area contributed by atoms with Crippen molar-refractivity contribution in [1.82, 2.24) is 0 Å². The second-order valence-corrected chi connectivity index (χ2v) is 6.09. The molecule has 2 atom stereocenters. The van der Waals surface area contributed by atoms with E-state index in [1.807, 2.05) is 18.2 Å². The van der Waals surface area contributed by atoms with Gasteiger partial charge in [0.1, 0.15) is 0 Å². The molecular formula is C19H22N2O. The van der Waals surface area contributed by atoms with Gasteiger partial charge in [0.05, 0.1) is 0 Å². The summed E-state index contributed by atoms with van der Waals surface area (Å²) in [7, 11) is 0. The number of amides is 1. The van der Waals surface area contributed by atoms with Crippen LogP contribution in [0.5, 0.6) is 0 Å². The number of anilines is 2. The summed E-state index contributed by atoms with van der Waals surface area (Å²) < 4.78 is 0. The van der Waals surface area contributed by atoms with Crippen molar-refractivity contribution in [2.45, 2.75) is 25.7 Å². The van der Waals surface area contributed by atoms with Crippen LogP contribution in [0.2, 0.25) is 0 Å². The van der Waals surface area contributed by atoms with Crippen LogP contribution in [0.3, 0.4) is 0 Å². The largest absolute Gasteiger partial charge is 0.384 e. The van der Waals surface area contributed by atoms with Gasteiger partial charge >= 0.3 is 0 Å². The van der Waals surface area contributed by atoms with Gasteiger partial charge in [-0.05, 0) is 23.3 Å². The van der Waals surface area contributed by atoms with Gasteiger partial charge in [-0.25, -0.2) is 0 Å². The first-order valence-corrected chi connectivity index (χ1v) is 7.84. The highest BCUT2D eigenvalue weighted by atomic mass is 16.1. The number of hydrogen-bond acceptors (Lipinski definition) is 2. The van der Waals surface area contributed by atoms with Crippen molar-refractivity contribution in [2.24, 2.45) is 0 Å². The lowest BCUT2D eigenvalue weighted by Crippen LogP contribution is -2.18. The maximum atomic E-state index is 10.6. The summed E-state index contributed by atoms with van der Waals surface area (Å²) in [4.78, 5) is 12.4. The first kappa shape index (κ1) is 14.6. The Kier molecular flexibility index (Phi) is 4.14. The number of carbonyl (C=O) groups excluding carboxylic acids is 1. The number of nitrogens with one attached hydrogen (secondary N) is 1. The van der Waals surface area contributed by atoms with E-state index in [-0.39, 0.29) is 0 Å². The van der Waals surface area contributed by atoms with Gasteiger partial charge in [0.25, 0.3) is 0 Å². The molecule has 1 N–H and O–H groups in total. The molecule has 0 aromatic heterocycles. The van der Waals surface area contributed by atoms with Crippen LogP contribution in [0.1, 0.15) is 36.8 Å². The van der Waals surface area contributed by atoms with E-state index in [9.17, 15) is 4.79 Å². The minimum absolute atomic E-state index is 0.478. The minimum Gasteiger partial charge on any atom is -0.384 e. The normalized spacial score (nSPS) is 21.3. The number of fused-ring (bicyclic) bond motifs is 2. The van der Waals surface area contributed by atoms with Gasteiger partial charge < -0.3 is 10.2 Å². The zero-order valence-corrected chi connectivity index (χ0v) is 13.1. The van der Waals surface area contributed by atoms with E-state index in [0.29, 0.717) is 11.8 Å². The number of para-hydroxylation sites is 2. The van der Waals surface area contributed by atoms with Crippen LogP contribution in [-0.2, 0) is 4.79 Å². The summed E-state index contributed by atoms with van der Waals surface area (Å²) in [6, 6.07) is 16.6. The quantitative estimate of drug-likeness (QED) is 0.807. The van der Waals surface area contributed by atoms with Gasteiger partial charge in [-0.2, -0.15) is 0 Å². The fraction of sp³-hybridized carbons (Fsp3) is 0.316. The number of rotatable bonds is 1. The predicted octanol–water partition coefficient (Wildman–Crippen LogP) is 3.98. The Labute approximate surface area is 132 Å². The van der Waals surface area contributed by atoms with Crippen LogP contribution >= 0.6 is 0 Å².